The van der Waals surface area contributed by atoms with E-state index >= 15 is 0 Å². The van der Waals surface area contributed by atoms with Gasteiger partial charge in [-0.05, 0) is 43.4 Å². The second kappa shape index (κ2) is 11.4. The van der Waals surface area contributed by atoms with Gasteiger partial charge in [-0.1, -0.05) is 56.3 Å². The first-order valence-electron chi connectivity index (χ1n) is 13.0. The fourth-order valence-electron chi connectivity index (χ4n) is 5.07. The highest BCUT2D eigenvalue weighted by molar-refractivity contribution is 5.97. The van der Waals surface area contributed by atoms with Crippen LogP contribution in [0.25, 0.3) is 0 Å². The summed E-state index contributed by atoms with van der Waals surface area (Å²) in [5, 5.41) is 16.3. The molecule has 0 spiro atoms. The van der Waals surface area contributed by atoms with Crippen LogP contribution in [-0.4, -0.2) is 71.4 Å². The average molecular weight is 518 g/mol. The number of ether oxygens (including phenoxy) is 1. The number of rotatable bonds is 10. The first-order chi connectivity index (χ1) is 17.5. The molecule has 7 nitrogen and oxygen atoms in total. The molecule has 0 bridgehead atoms. The van der Waals surface area contributed by atoms with Crippen molar-refractivity contribution >= 4 is 11.8 Å². The van der Waals surface area contributed by atoms with Crippen LogP contribution in [0.2, 0.25) is 0 Å². The molecule has 0 radical (unpaired) electrons. The molecule has 3 unspecified atom stereocenters. The largest absolute Gasteiger partial charge is 0.388 e. The van der Waals surface area contributed by atoms with Crippen molar-refractivity contribution in [3.05, 3.63) is 59.2 Å². The number of amides is 2. The Morgan fingerprint density at radius 2 is 1.97 bits per heavy atom. The van der Waals surface area contributed by atoms with Gasteiger partial charge in [0.05, 0.1) is 18.7 Å². The van der Waals surface area contributed by atoms with Crippen LogP contribution in [0.4, 0.5) is 8.78 Å². The maximum atomic E-state index is 14.5. The average Bonchev–Trinajstić information content (AvgIpc) is 3.54. The maximum absolute atomic E-state index is 14.5. The van der Waals surface area contributed by atoms with E-state index in [1.807, 2.05) is 44.2 Å². The molecule has 3 N–H and O–H groups in total. The van der Waals surface area contributed by atoms with Crippen molar-refractivity contribution in [2.24, 2.45) is 5.92 Å². The third-order valence-corrected chi connectivity index (χ3v) is 7.16. The number of aliphatic hydroxyl groups is 1. The number of nitrogens with one attached hydrogen (secondary N) is 2. The maximum Gasteiger partial charge on any atom is 0.267 e. The van der Waals surface area contributed by atoms with Crippen LogP contribution >= 0.6 is 0 Å². The quantitative estimate of drug-likeness (QED) is 0.415. The Bertz CT molecular complexity index is 1040. The molecule has 2 fully saturated rings. The minimum Gasteiger partial charge on any atom is -0.388 e. The van der Waals surface area contributed by atoms with Gasteiger partial charge in [0.25, 0.3) is 11.8 Å². The second-order valence-corrected chi connectivity index (χ2v) is 10.8. The smallest absolute Gasteiger partial charge is 0.267 e. The Morgan fingerprint density at radius 3 is 2.68 bits per heavy atom. The predicted octanol–water partition coefficient (Wildman–Crippen LogP) is 2.95. The van der Waals surface area contributed by atoms with E-state index in [1.165, 1.54) is 4.90 Å². The second-order valence-electron chi connectivity index (χ2n) is 10.8. The molecule has 37 heavy (non-hydrogen) atoms. The van der Waals surface area contributed by atoms with Crippen molar-refractivity contribution < 1.29 is 28.2 Å². The van der Waals surface area contributed by atoms with Crippen molar-refractivity contribution in [2.45, 2.75) is 82.9 Å². The molecule has 2 heterocycles. The summed E-state index contributed by atoms with van der Waals surface area (Å²) >= 11 is 0. The lowest BCUT2D eigenvalue weighted by Crippen LogP contribution is -2.46. The third-order valence-electron chi connectivity index (χ3n) is 7.16. The molecule has 5 atom stereocenters. The van der Waals surface area contributed by atoms with Crippen molar-refractivity contribution in [3.63, 3.8) is 0 Å². The van der Waals surface area contributed by atoms with E-state index in [9.17, 15) is 23.5 Å². The van der Waals surface area contributed by atoms with Gasteiger partial charge in [0.2, 0.25) is 5.91 Å². The van der Waals surface area contributed by atoms with Crippen molar-refractivity contribution in [1.29, 1.82) is 0 Å². The Labute approximate surface area is 216 Å². The minimum absolute atomic E-state index is 0.122. The number of nitrogens with zero attached hydrogens (tertiary/aromatic N) is 1. The molecule has 1 aromatic carbocycles. The van der Waals surface area contributed by atoms with E-state index in [0.717, 1.165) is 5.56 Å². The normalized spacial score (nSPS) is 27.5. The molecule has 2 saturated heterocycles. The number of likely N-dealkylation sites (tertiary alicyclic amines) is 1. The van der Waals surface area contributed by atoms with Gasteiger partial charge in [-0.15, -0.1) is 0 Å². The van der Waals surface area contributed by atoms with E-state index in [2.05, 4.69) is 10.6 Å². The Morgan fingerprint density at radius 1 is 1.24 bits per heavy atom. The lowest BCUT2D eigenvalue weighted by Gasteiger charge is -2.27. The molecular formula is C28H37F2N3O4. The van der Waals surface area contributed by atoms with Gasteiger partial charge in [-0.2, -0.15) is 0 Å². The molecule has 9 heteroatoms. The summed E-state index contributed by atoms with van der Waals surface area (Å²) in [7, 11) is 0. The summed E-state index contributed by atoms with van der Waals surface area (Å²) in [6.45, 7) is 5.84. The lowest BCUT2D eigenvalue weighted by atomic mass is 9.95. The van der Waals surface area contributed by atoms with E-state index in [4.69, 9.17) is 4.74 Å². The zero-order valence-electron chi connectivity index (χ0n) is 21.6. The predicted molar refractivity (Wildman–Crippen MR) is 136 cm³/mol. The SMILES string of the molecule is CC1=C(C(=O)N[C@H](CC(=O)N2CC(F)(F)C[C@H]2C2OC2NCC(C)C)Cc2ccccc2)C=CCC1O. The molecule has 4 rings (SSSR count). The van der Waals surface area contributed by atoms with Gasteiger partial charge in [0.15, 0.2) is 0 Å². The summed E-state index contributed by atoms with van der Waals surface area (Å²) in [5.74, 6) is -3.44. The molecule has 3 aliphatic rings. The van der Waals surface area contributed by atoms with Crippen LogP contribution in [0, 0.1) is 5.92 Å². The summed E-state index contributed by atoms with van der Waals surface area (Å²) in [6, 6.07) is 8.08. The van der Waals surface area contributed by atoms with E-state index < -0.39 is 55.0 Å². The summed E-state index contributed by atoms with van der Waals surface area (Å²) in [6.07, 6.45) is 2.11. The highest BCUT2D eigenvalue weighted by atomic mass is 19.3. The molecule has 0 aromatic heterocycles. The standard InChI is InChI=1S/C28H37F2N3O4/c1-17(2)15-31-27-25(37-27)22-14-28(29,30)16-33(22)24(35)13-20(12-19-8-5-4-6-9-19)32-26(36)21-10-7-11-23(34)18(21)3/h4-10,17,20,22-23,25,27,31,34H,11-16H2,1-3H3,(H,32,36)/t20-,22-,23?,25?,27?/m0/s1. The zero-order valence-corrected chi connectivity index (χ0v) is 21.6. The highest BCUT2D eigenvalue weighted by Crippen LogP contribution is 2.40. The fraction of sp³-hybridized carbons (Fsp3) is 0.571. The molecule has 202 valence electrons. The number of hydrogen-bond acceptors (Lipinski definition) is 5. The number of alkyl halides is 2. The highest BCUT2D eigenvalue weighted by Gasteiger charge is 2.57. The number of aliphatic hydroxyl groups excluding tert-OH is 1. The fourth-order valence-corrected chi connectivity index (χ4v) is 5.07. The third kappa shape index (κ3) is 7.03. The zero-order chi connectivity index (χ0) is 26.7. The van der Waals surface area contributed by atoms with Gasteiger partial charge in [0, 0.05) is 24.5 Å². The first kappa shape index (κ1) is 27.4. The summed E-state index contributed by atoms with van der Waals surface area (Å²) < 4.78 is 34.6. The van der Waals surface area contributed by atoms with Crippen LogP contribution in [-0.2, 0) is 20.7 Å². The van der Waals surface area contributed by atoms with Crippen LogP contribution in [0.5, 0.6) is 0 Å². The van der Waals surface area contributed by atoms with Crippen LogP contribution in [0.3, 0.4) is 0 Å². The lowest BCUT2D eigenvalue weighted by molar-refractivity contribution is -0.134. The van der Waals surface area contributed by atoms with Gasteiger partial charge in [-0.3, -0.25) is 14.9 Å². The number of carbonyl (C=O) groups excluding carboxylic acids is 2. The van der Waals surface area contributed by atoms with E-state index in [0.29, 0.717) is 36.5 Å². The van der Waals surface area contributed by atoms with Crippen molar-refractivity contribution in [3.8, 4) is 0 Å². The molecule has 2 aliphatic heterocycles. The van der Waals surface area contributed by atoms with Crippen molar-refractivity contribution in [1.82, 2.24) is 15.5 Å². The molecular weight excluding hydrogens is 480 g/mol. The molecule has 2 amide bonds. The molecule has 1 aromatic rings. The van der Waals surface area contributed by atoms with E-state index in [1.54, 1.807) is 19.1 Å². The molecule has 1 aliphatic carbocycles. The molecule has 0 saturated carbocycles. The van der Waals surface area contributed by atoms with Gasteiger partial charge >= 0.3 is 0 Å². The van der Waals surface area contributed by atoms with Crippen LogP contribution in [0.15, 0.2) is 53.6 Å². The Kier molecular flexibility index (Phi) is 8.46. The number of benzene rings is 1. The summed E-state index contributed by atoms with van der Waals surface area (Å²) in [4.78, 5) is 27.8. The van der Waals surface area contributed by atoms with Crippen molar-refractivity contribution in [2.75, 3.05) is 13.1 Å². The van der Waals surface area contributed by atoms with Gasteiger partial charge < -0.3 is 20.1 Å². The number of epoxide rings is 1. The van der Waals surface area contributed by atoms with Gasteiger partial charge in [0.1, 0.15) is 12.3 Å². The number of halogens is 2. The van der Waals surface area contributed by atoms with E-state index in [-0.39, 0.29) is 12.6 Å². The van der Waals surface area contributed by atoms with Gasteiger partial charge in [-0.25, -0.2) is 8.78 Å². The topological polar surface area (TPSA) is 94.2 Å². The summed E-state index contributed by atoms with van der Waals surface area (Å²) in [5.41, 5.74) is 1.84. The monoisotopic (exact) mass is 517 g/mol. The van der Waals surface area contributed by atoms with Crippen LogP contribution < -0.4 is 10.6 Å². The Hall–Kier alpha value is -2.62. The number of hydrogen-bond donors (Lipinski definition) is 3. The van der Waals surface area contributed by atoms with Crippen LogP contribution in [0.1, 0.15) is 45.6 Å². The number of carbonyl (C=O) groups is 2. The minimum atomic E-state index is -2.99. The first-order valence-corrected chi connectivity index (χ1v) is 13.0. The Balaban J connectivity index is 1.48.